The fraction of sp³-hybridized carbons (Fsp3) is 0.286. The van der Waals surface area contributed by atoms with E-state index in [4.69, 9.17) is 9.52 Å². The molecule has 2 aromatic rings. The minimum absolute atomic E-state index is 0.00560. The predicted octanol–water partition coefficient (Wildman–Crippen LogP) is 1.71. The lowest BCUT2D eigenvalue weighted by Crippen LogP contribution is -2.38. The molecule has 0 aliphatic carbocycles. The van der Waals surface area contributed by atoms with Crippen LogP contribution in [0.25, 0.3) is 11.5 Å². The number of aromatic nitrogens is 1. The fourth-order valence-corrected chi connectivity index (χ4v) is 3.32. The summed E-state index contributed by atoms with van der Waals surface area (Å²) in [6, 6.07) is 3.50. The van der Waals surface area contributed by atoms with Gasteiger partial charge in [-0.25, -0.2) is 13.4 Å². The van der Waals surface area contributed by atoms with Crippen molar-refractivity contribution in [2.75, 3.05) is 0 Å². The smallest absolute Gasteiger partial charge is 0.321 e. The van der Waals surface area contributed by atoms with Crippen molar-refractivity contribution in [1.82, 2.24) is 9.71 Å². The van der Waals surface area contributed by atoms with Crippen molar-refractivity contribution >= 4 is 16.0 Å². The highest BCUT2D eigenvalue weighted by Gasteiger charge is 2.24. The average molecular weight is 324 g/mol. The Morgan fingerprint density at radius 2 is 2.05 bits per heavy atom. The van der Waals surface area contributed by atoms with Gasteiger partial charge in [-0.05, 0) is 38.5 Å². The second kappa shape index (κ2) is 5.90. The zero-order chi connectivity index (χ0) is 16.5. The number of benzene rings is 1. The lowest BCUT2D eigenvalue weighted by molar-refractivity contribution is -0.138. The molecule has 8 heteroatoms. The largest absolute Gasteiger partial charge is 0.480 e. The Bertz CT molecular complexity index is 810. The number of nitrogens with zero attached hydrogens (tertiary/aromatic N) is 1. The van der Waals surface area contributed by atoms with Crippen LogP contribution < -0.4 is 4.72 Å². The molecule has 1 aromatic heterocycles. The summed E-state index contributed by atoms with van der Waals surface area (Å²) in [4.78, 5) is 15.0. The summed E-state index contributed by atoms with van der Waals surface area (Å²) in [5.41, 5.74) is 1.68. The number of aliphatic carboxylic acids is 1. The summed E-state index contributed by atoms with van der Waals surface area (Å²) in [5.74, 6) is -0.944. The van der Waals surface area contributed by atoms with Gasteiger partial charge in [0.25, 0.3) is 0 Å². The summed E-state index contributed by atoms with van der Waals surface area (Å²) in [6.07, 6.45) is 1.47. The lowest BCUT2D eigenvalue weighted by atomic mass is 10.1. The molecule has 0 aliphatic heterocycles. The molecular weight excluding hydrogens is 308 g/mol. The third kappa shape index (κ3) is 3.34. The fourth-order valence-electron chi connectivity index (χ4n) is 1.86. The van der Waals surface area contributed by atoms with E-state index in [1.54, 1.807) is 26.0 Å². The van der Waals surface area contributed by atoms with Gasteiger partial charge in [0.15, 0.2) is 0 Å². The van der Waals surface area contributed by atoms with Crippen LogP contribution in [0.2, 0.25) is 0 Å². The van der Waals surface area contributed by atoms with Crippen LogP contribution in [-0.2, 0) is 14.8 Å². The Morgan fingerprint density at radius 3 is 2.59 bits per heavy atom. The van der Waals surface area contributed by atoms with Gasteiger partial charge in [0.1, 0.15) is 12.3 Å². The molecule has 0 spiro atoms. The molecule has 2 N–H and O–H groups in total. The molecule has 2 rings (SSSR count). The summed E-state index contributed by atoms with van der Waals surface area (Å²) < 4.78 is 32.0. The summed E-state index contributed by atoms with van der Waals surface area (Å²) in [6.45, 7) is 4.65. The number of nitrogens with one attached hydrogen (secondary N) is 1. The van der Waals surface area contributed by atoms with Crippen molar-refractivity contribution in [3.8, 4) is 11.5 Å². The maximum absolute atomic E-state index is 12.3. The first-order chi connectivity index (χ1) is 10.2. The molecule has 118 valence electrons. The number of rotatable bonds is 5. The highest BCUT2D eigenvalue weighted by Crippen LogP contribution is 2.24. The Balaban J connectivity index is 2.44. The molecule has 1 atom stereocenters. The Hall–Kier alpha value is -2.19. The van der Waals surface area contributed by atoms with E-state index in [9.17, 15) is 13.2 Å². The van der Waals surface area contributed by atoms with Crippen molar-refractivity contribution in [1.29, 1.82) is 0 Å². The van der Waals surface area contributed by atoms with Gasteiger partial charge >= 0.3 is 5.97 Å². The Morgan fingerprint density at radius 1 is 1.36 bits per heavy atom. The minimum Gasteiger partial charge on any atom is -0.480 e. The second-order valence-corrected chi connectivity index (χ2v) is 6.64. The number of carbonyl (C=O) groups is 1. The SMILES string of the molecule is Cc1coc(-c2ccc(C)c(S(=O)(=O)N[C@H](C)C(=O)O)c2)n1. The van der Waals surface area contributed by atoms with Crippen molar-refractivity contribution in [2.24, 2.45) is 0 Å². The maximum atomic E-state index is 12.3. The molecule has 7 nitrogen and oxygen atoms in total. The van der Waals surface area contributed by atoms with Gasteiger partial charge in [0.05, 0.1) is 10.6 Å². The molecule has 0 radical (unpaired) electrons. The van der Waals surface area contributed by atoms with Gasteiger partial charge in [-0.1, -0.05) is 6.07 Å². The van der Waals surface area contributed by atoms with E-state index in [-0.39, 0.29) is 4.90 Å². The van der Waals surface area contributed by atoms with E-state index in [1.807, 2.05) is 0 Å². The first-order valence-corrected chi connectivity index (χ1v) is 7.97. The second-order valence-electron chi connectivity index (χ2n) is 4.96. The van der Waals surface area contributed by atoms with E-state index in [0.717, 1.165) is 0 Å². The van der Waals surface area contributed by atoms with Gasteiger partial charge in [0.2, 0.25) is 15.9 Å². The number of carboxylic acid groups (broad SMARTS) is 1. The van der Waals surface area contributed by atoms with Crippen LogP contribution in [0, 0.1) is 13.8 Å². The molecule has 0 fully saturated rings. The molecule has 0 unspecified atom stereocenters. The Labute approximate surface area is 128 Å². The highest BCUT2D eigenvalue weighted by molar-refractivity contribution is 7.89. The molecule has 22 heavy (non-hydrogen) atoms. The van der Waals surface area contributed by atoms with Gasteiger partial charge in [-0.15, -0.1) is 0 Å². The number of carboxylic acids is 1. The highest BCUT2D eigenvalue weighted by atomic mass is 32.2. The summed E-state index contributed by atoms with van der Waals surface area (Å²) >= 11 is 0. The number of hydrogen-bond donors (Lipinski definition) is 2. The number of hydrogen-bond acceptors (Lipinski definition) is 5. The monoisotopic (exact) mass is 324 g/mol. The third-order valence-corrected chi connectivity index (χ3v) is 4.73. The van der Waals surface area contributed by atoms with Crippen molar-refractivity contribution in [3.63, 3.8) is 0 Å². The number of sulfonamides is 1. The maximum Gasteiger partial charge on any atom is 0.321 e. The minimum atomic E-state index is -3.96. The van der Waals surface area contributed by atoms with Crippen LogP contribution >= 0.6 is 0 Å². The van der Waals surface area contributed by atoms with E-state index in [1.165, 1.54) is 19.3 Å². The zero-order valence-electron chi connectivity index (χ0n) is 12.3. The molecule has 1 aromatic carbocycles. The van der Waals surface area contributed by atoms with Crippen LogP contribution in [0.3, 0.4) is 0 Å². The molecule has 1 heterocycles. The summed E-state index contributed by atoms with van der Waals surface area (Å²) in [7, 11) is -3.96. The molecular formula is C14H16N2O5S. The van der Waals surface area contributed by atoms with Crippen LogP contribution in [-0.4, -0.2) is 30.5 Å². The lowest BCUT2D eigenvalue weighted by Gasteiger charge is -2.12. The van der Waals surface area contributed by atoms with Crippen LogP contribution in [0.15, 0.2) is 33.8 Å². The Kier molecular flexibility index (Phi) is 4.34. The first-order valence-electron chi connectivity index (χ1n) is 6.49. The normalized spacial score (nSPS) is 13.0. The zero-order valence-corrected chi connectivity index (χ0v) is 13.1. The quantitative estimate of drug-likeness (QED) is 0.866. The third-order valence-electron chi connectivity index (χ3n) is 3.05. The first kappa shape index (κ1) is 16.2. The van der Waals surface area contributed by atoms with Crippen molar-refractivity contribution < 1.29 is 22.7 Å². The number of oxazole rings is 1. The standard InChI is InChI=1S/C14H16N2O5S/c1-8-4-5-11(13-15-9(2)7-21-13)6-12(8)22(19,20)16-10(3)14(17)18/h4-7,10,16H,1-3H3,(H,17,18)/t10-/m1/s1. The molecule has 0 saturated carbocycles. The van der Waals surface area contributed by atoms with Crippen LogP contribution in [0.1, 0.15) is 18.2 Å². The van der Waals surface area contributed by atoms with Gasteiger partial charge in [-0.3, -0.25) is 4.79 Å². The van der Waals surface area contributed by atoms with Gasteiger partial charge < -0.3 is 9.52 Å². The molecule has 0 aliphatic rings. The van der Waals surface area contributed by atoms with E-state index < -0.39 is 22.0 Å². The molecule has 0 amide bonds. The number of aryl methyl sites for hydroxylation is 2. The van der Waals surface area contributed by atoms with Crippen LogP contribution in [0.4, 0.5) is 0 Å². The van der Waals surface area contributed by atoms with Gasteiger partial charge in [0, 0.05) is 5.56 Å². The summed E-state index contributed by atoms with van der Waals surface area (Å²) in [5, 5.41) is 8.84. The predicted molar refractivity (Wildman–Crippen MR) is 78.8 cm³/mol. The van der Waals surface area contributed by atoms with Crippen LogP contribution in [0.5, 0.6) is 0 Å². The average Bonchev–Trinajstić information content (AvgIpc) is 2.85. The van der Waals surface area contributed by atoms with Crippen molar-refractivity contribution in [3.05, 3.63) is 35.7 Å². The van der Waals surface area contributed by atoms with Crippen molar-refractivity contribution in [2.45, 2.75) is 31.7 Å². The topological polar surface area (TPSA) is 110 Å². The van der Waals surface area contributed by atoms with E-state index in [2.05, 4.69) is 9.71 Å². The van der Waals surface area contributed by atoms with Gasteiger partial charge in [-0.2, -0.15) is 4.72 Å². The molecule has 0 saturated heterocycles. The molecule has 0 bridgehead atoms. The van der Waals surface area contributed by atoms with E-state index >= 15 is 0 Å². The van der Waals surface area contributed by atoms with E-state index in [0.29, 0.717) is 22.7 Å².